The molecule has 1 N–H and O–H groups in total. The minimum absolute atomic E-state index is 0.661. The van der Waals surface area contributed by atoms with E-state index in [0.717, 1.165) is 25.3 Å². The lowest BCUT2D eigenvalue weighted by Gasteiger charge is -2.06. The standard InChI is InChI=1S/C16H20N4S/c1-12(2)6-17-7-13-9-20(10-14-8-18-11-21-14)16-15(13)4-3-5-19-16/h3-5,8-9,11-12,17H,6-7,10H2,1-2H3. The second-order valence-electron chi connectivity index (χ2n) is 5.65. The van der Waals surface area contributed by atoms with Gasteiger partial charge in [-0.05, 0) is 30.2 Å². The van der Waals surface area contributed by atoms with Crippen LogP contribution >= 0.6 is 11.3 Å². The van der Waals surface area contributed by atoms with Crippen molar-refractivity contribution in [3.8, 4) is 0 Å². The van der Waals surface area contributed by atoms with E-state index in [-0.39, 0.29) is 0 Å². The van der Waals surface area contributed by atoms with Gasteiger partial charge in [0, 0.05) is 35.4 Å². The molecule has 3 rings (SSSR count). The van der Waals surface area contributed by atoms with Gasteiger partial charge in [0.1, 0.15) is 5.65 Å². The Labute approximate surface area is 128 Å². The molecule has 0 atom stereocenters. The van der Waals surface area contributed by atoms with Crippen LogP contribution in [0.3, 0.4) is 0 Å². The molecule has 0 fully saturated rings. The highest BCUT2D eigenvalue weighted by molar-refractivity contribution is 7.09. The SMILES string of the molecule is CC(C)CNCc1cn(Cc2cncs2)c2ncccc12. The maximum Gasteiger partial charge on any atom is 0.140 e. The van der Waals surface area contributed by atoms with Crippen LogP contribution in [0.2, 0.25) is 0 Å². The Kier molecular flexibility index (Phi) is 4.31. The summed E-state index contributed by atoms with van der Waals surface area (Å²) in [7, 11) is 0. The minimum Gasteiger partial charge on any atom is -0.327 e. The van der Waals surface area contributed by atoms with Gasteiger partial charge >= 0.3 is 0 Å². The smallest absolute Gasteiger partial charge is 0.140 e. The predicted octanol–water partition coefficient (Wildman–Crippen LogP) is 3.29. The Balaban J connectivity index is 1.86. The molecule has 3 aromatic heterocycles. The molecule has 0 bridgehead atoms. The summed E-state index contributed by atoms with van der Waals surface area (Å²) in [6.45, 7) is 7.20. The first-order chi connectivity index (χ1) is 10.2. The Bertz CT molecular complexity index is 700. The molecule has 0 spiro atoms. The molecule has 0 aliphatic carbocycles. The van der Waals surface area contributed by atoms with Gasteiger partial charge in [0.25, 0.3) is 0 Å². The number of hydrogen-bond acceptors (Lipinski definition) is 4. The maximum atomic E-state index is 4.54. The first-order valence-electron chi connectivity index (χ1n) is 7.25. The topological polar surface area (TPSA) is 42.7 Å². The van der Waals surface area contributed by atoms with Gasteiger partial charge in [-0.1, -0.05) is 13.8 Å². The summed E-state index contributed by atoms with van der Waals surface area (Å²) in [4.78, 5) is 9.94. The van der Waals surface area contributed by atoms with E-state index in [1.54, 1.807) is 11.3 Å². The van der Waals surface area contributed by atoms with Gasteiger partial charge in [-0.15, -0.1) is 11.3 Å². The number of rotatable bonds is 6. The van der Waals surface area contributed by atoms with Crippen molar-refractivity contribution in [3.05, 3.63) is 46.7 Å². The number of thiazole rings is 1. The van der Waals surface area contributed by atoms with E-state index < -0.39 is 0 Å². The average molecular weight is 300 g/mol. The first-order valence-corrected chi connectivity index (χ1v) is 8.13. The first kappa shape index (κ1) is 14.2. The normalized spacial score (nSPS) is 11.6. The van der Waals surface area contributed by atoms with Gasteiger partial charge in [0.15, 0.2) is 0 Å². The zero-order valence-electron chi connectivity index (χ0n) is 12.4. The third-order valence-electron chi connectivity index (χ3n) is 3.39. The van der Waals surface area contributed by atoms with Gasteiger partial charge in [-0.2, -0.15) is 0 Å². The van der Waals surface area contributed by atoms with Crippen LogP contribution < -0.4 is 5.32 Å². The number of aromatic nitrogens is 3. The van der Waals surface area contributed by atoms with E-state index >= 15 is 0 Å². The van der Waals surface area contributed by atoms with Crippen LogP contribution in [0.1, 0.15) is 24.3 Å². The second kappa shape index (κ2) is 6.37. The monoisotopic (exact) mass is 300 g/mol. The fraction of sp³-hybridized carbons (Fsp3) is 0.375. The van der Waals surface area contributed by atoms with E-state index in [1.165, 1.54) is 15.8 Å². The quantitative estimate of drug-likeness (QED) is 0.759. The van der Waals surface area contributed by atoms with E-state index in [1.807, 2.05) is 24.0 Å². The summed E-state index contributed by atoms with van der Waals surface area (Å²) in [5.41, 5.74) is 4.23. The molecular weight excluding hydrogens is 280 g/mol. The number of nitrogens with zero attached hydrogens (tertiary/aromatic N) is 3. The minimum atomic E-state index is 0.661. The molecule has 21 heavy (non-hydrogen) atoms. The second-order valence-corrected chi connectivity index (χ2v) is 6.62. The van der Waals surface area contributed by atoms with E-state index in [9.17, 15) is 0 Å². The number of fused-ring (bicyclic) bond motifs is 1. The Morgan fingerprint density at radius 3 is 3.05 bits per heavy atom. The summed E-state index contributed by atoms with van der Waals surface area (Å²) in [6.07, 6.45) is 6.00. The Morgan fingerprint density at radius 1 is 1.38 bits per heavy atom. The molecule has 3 heterocycles. The molecule has 0 saturated heterocycles. The summed E-state index contributed by atoms with van der Waals surface area (Å²) >= 11 is 1.68. The highest BCUT2D eigenvalue weighted by Crippen LogP contribution is 2.21. The summed E-state index contributed by atoms with van der Waals surface area (Å²) < 4.78 is 2.22. The molecule has 0 amide bonds. The molecule has 0 radical (unpaired) electrons. The third kappa shape index (κ3) is 3.31. The van der Waals surface area contributed by atoms with E-state index in [2.05, 4.69) is 46.0 Å². The van der Waals surface area contributed by atoms with Crippen molar-refractivity contribution in [3.63, 3.8) is 0 Å². The lowest BCUT2D eigenvalue weighted by Crippen LogP contribution is -2.18. The van der Waals surface area contributed by atoms with Crippen molar-refractivity contribution >= 4 is 22.4 Å². The number of hydrogen-bond donors (Lipinski definition) is 1. The van der Waals surface area contributed by atoms with Crippen molar-refractivity contribution in [2.75, 3.05) is 6.54 Å². The maximum absolute atomic E-state index is 4.54. The summed E-state index contributed by atoms with van der Waals surface area (Å²) in [6, 6.07) is 4.16. The molecule has 0 aliphatic heterocycles. The molecule has 0 saturated carbocycles. The van der Waals surface area contributed by atoms with Gasteiger partial charge in [-0.25, -0.2) is 4.98 Å². The van der Waals surface area contributed by atoms with Crippen molar-refractivity contribution in [2.24, 2.45) is 5.92 Å². The van der Waals surface area contributed by atoms with Crippen molar-refractivity contribution in [2.45, 2.75) is 26.9 Å². The third-order valence-corrected chi connectivity index (χ3v) is 4.16. The van der Waals surface area contributed by atoms with Crippen LogP contribution in [0.15, 0.2) is 36.2 Å². The zero-order chi connectivity index (χ0) is 14.7. The predicted molar refractivity (Wildman–Crippen MR) is 87.5 cm³/mol. The van der Waals surface area contributed by atoms with Crippen molar-refractivity contribution in [1.29, 1.82) is 0 Å². The number of pyridine rings is 1. The van der Waals surface area contributed by atoms with Crippen LogP contribution in [0.5, 0.6) is 0 Å². The summed E-state index contributed by atoms with van der Waals surface area (Å²) in [5, 5.41) is 4.75. The highest BCUT2D eigenvalue weighted by Gasteiger charge is 2.10. The van der Waals surface area contributed by atoms with Crippen LogP contribution in [0.4, 0.5) is 0 Å². The van der Waals surface area contributed by atoms with E-state index in [4.69, 9.17) is 0 Å². The van der Waals surface area contributed by atoms with Gasteiger partial charge in [-0.3, -0.25) is 4.98 Å². The molecule has 110 valence electrons. The van der Waals surface area contributed by atoms with Gasteiger partial charge in [0.05, 0.1) is 12.1 Å². The molecule has 0 aliphatic rings. The van der Waals surface area contributed by atoms with Gasteiger partial charge in [0.2, 0.25) is 0 Å². The van der Waals surface area contributed by atoms with Gasteiger partial charge < -0.3 is 9.88 Å². The lowest BCUT2D eigenvalue weighted by molar-refractivity contribution is 0.553. The molecule has 4 nitrogen and oxygen atoms in total. The molecular formula is C16H20N4S. The zero-order valence-corrected chi connectivity index (χ0v) is 13.2. The van der Waals surface area contributed by atoms with Crippen molar-refractivity contribution < 1.29 is 0 Å². The lowest BCUT2D eigenvalue weighted by atomic mass is 10.2. The Hall–Kier alpha value is -1.72. The van der Waals surface area contributed by atoms with Crippen LogP contribution in [-0.2, 0) is 13.1 Å². The van der Waals surface area contributed by atoms with Crippen molar-refractivity contribution in [1.82, 2.24) is 19.9 Å². The molecule has 3 aromatic rings. The van der Waals surface area contributed by atoms with Crippen LogP contribution in [0, 0.1) is 5.92 Å². The van der Waals surface area contributed by atoms with Crippen LogP contribution in [0.25, 0.3) is 11.0 Å². The number of nitrogens with one attached hydrogen (secondary N) is 1. The molecule has 0 unspecified atom stereocenters. The largest absolute Gasteiger partial charge is 0.327 e. The fourth-order valence-corrected chi connectivity index (χ4v) is 3.03. The average Bonchev–Trinajstić information content (AvgIpc) is 3.09. The highest BCUT2D eigenvalue weighted by atomic mass is 32.1. The van der Waals surface area contributed by atoms with E-state index in [0.29, 0.717) is 5.92 Å². The molecule has 5 heteroatoms. The fourth-order valence-electron chi connectivity index (χ4n) is 2.44. The van der Waals surface area contributed by atoms with Crippen LogP contribution in [-0.4, -0.2) is 21.1 Å². The Morgan fingerprint density at radius 2 is 2.29 bits per heavy atom. The molecule has 0 aromatic carbocycles. The summed E-state index contributed by atoms with van der Waals surface area (Å²) in [5.74, 6) is 0.661.